The first-order valence-electron chi connectivity index (χ1n) is 9.96. The second-order valence-electron chi connectivity index (χ2n) is 7.09. The zero-order valence-electron chi connectivity index (χ0n) is 16.3. The Labute approximate surface area is 161 Å². The van der Waals surface area contributed by atoms with Crippen LogP contribution in [0.3, 0.4) is 0 Å². The number of aromatic nitrogens is 2. The topological polar surface area (TPSA) is 12.1 Å². The highest BCUT2D eigenvalue weighted by molar-refractivity contribution is 5.85. The van der Waals surface area contributed by atoms with Crippen LogP contribution in [0, 0.1) is 0 Å². The molecule has 3 aromatic carbocycles. The van der Waals surface area contributed by atoms with Crippen LogP contribution in [-0.4, -0.2) is 29.1 Å². The summed E-state index contributed by atoms with van der Waals surface area (Å²) in [7, 11) is 0. The third kappa shape index (κ3) is 3.60. The molecular formula is C24H28N3+. The molecule has 0 aliphatic rings. The van der Waals surface area contributed by atoms with Gasteiger partial charge in [0.25, 0.3) is 0 Å². The van der Waals surface area contributed by atoms with E-state index in [1.54, 1.807) is 0 Å². The quantitative estimate of drug-likeness (QED) is 0.444. The molecule has 0 saturated carbocycles. The summed E-state index contributed by atoms with van der Waals surface area (Å²) in [6, 6.07) is 24.0. The van der Waals surface area contributed by atoms with Crippen molar-refractivity contribution in [1.29, 1.82) is 0 Å². The highest BCUT2D eigenvalue weighted by Crippen LogP contribution is 2.19. The van der Waals surface area contributed by atoms with Gasteiger partial charge in [0.15, 0.2) is 11.0 Å². The van der Waals surface area contributed by atoms with Gasteiger partial charge in [-0.3, -0.25) is 4.90 Å². The minimum absolute atomic E-state index is 0.889. The highest BCUT2D eigenvalue weighted by atomic mass is 15.2. The molecule has 0 atom stereocenters. The Morgan fingerprint density at radius 2 is 1.59 bits per heavy atom. The van der Waals surface area contributed by atoms with E-state index < -0.39 is 0 Å². The average molecular weight is 359 g/mol. The fraction of sp³-hybridized carbons (Fsp3) is 0.292. The Morgan fingerprint density at radius 1 is 0.852 bits per heavy atom. The Kier molecular flexibility index (Phi) is 5.21. The molecule has 0 N–H and O–H groups in total. The molecule has 4 aromatic rings. The monoisotopic (exact) mass is 358 g/mol. The van der Waals surface area contributed by atoms with Gasteiger partial charge < -0.3 is 0 Å². The van der Waals surface area contributed by atoms with Crippen molar-refractivity contribution in [3.8, 4) is 0 Å². The number of benzene rings is 3. The number of hydrogen-bond donors (Lipinski definition) is 0. The van der Waals surface area contributed by atoms with Crippen molar-refractivity contribution in [1.82, 2.24) is 9.47 Å². The number of likely N-dealkylation sites (N-methyl/N-ethyl adjacent to an activating group) is 1. The van der Waals surface area contributed by atoms with Gasteiger partial charge in [-0.15, -0.1) is 0 Å². The number of rotatable bonds is 7. The van der Waals surface area contributed by atoms with E-state index in [0.717, 1.165) is 32.7 Å². The van der Waals surface area contributed by atoms with E-state index >= 15 is 0 Å². The van der Waals surface area contributed by atoms with E-state index in [1.165, 1.54) is 27.4 Å². The lowest BCUT2D eigenvalue weighted by molar-refractivity contribution is -0.663. The summed E-state index contributed by atoms with van der Waals surface area (Å²) >= 11 is 0. The van der Waals surface area contributed by atoms with Gasteiger partial charge in [-0.1, -0.05) is 68.4 Å². The summed E-state index contributed by atoms with van der Waals surface area (Å²) in [6.07, 6.45) is 2.29. The summed E-state index contributed by atoms with van der Waals surface area (Å²) in [4.78, 5) is 2.48. The number of para-hydroxylation sites is 2. The first kappa shape index (κ1) is 17.7. The summed E-state index contributed by atoms with van der Waals surface area (Å²) < 4.78 is 4.79. The van der Waals surface area contributed by atoms with Crippen LogP contribution in [0.1, 0.15) is 19.4 Å². The van der Waals surface area contributed by atoms with Crippen LogP contribution in [0.2, 0.25) is 0 Å². The fourth-order valence-electron chi connectivity index (χ4n) is 3.95. The maximum Gasteiger partial charge on any atom is 0.245 e. The Morgan fingerprint density at radius 3 is 2.44 bits per heavy atom. The SMILES string of the molecule is CCN(CC)CCn1c[n+](Cc2cccc3ccccc23)c2ccccc21. The summed E-state index contributed by atoms with van der Waals surface area (Å²) in [6.45, 7) is 9.66. The molecule has 0 radical (unpaired) electrons. The zero-order chi connectivity index (χ0) is 18.6. The number of fused-ring (bicyclic) bond motifs is 2. The van der Waals surface area contributed by atoms with Crippen molar-refractivity contribution in [2.75, 3.05) is 19.6 Å². The normalized spacial score (nSPS) is 11.7. The van der Waals surface area contributed by atoms with E-state index in [9.17, 15) is 0 Å². The second-order valence-corrected chi connectivity index (χ2v) is 7.09. The Hall–Kier alpha value is -2.65. The van der Waals surface area contributed by atoms with E-state index in [1.807, 2.05) is 0 Å². The van der Waals surface area contributed by atoms with Crippen molar-refractivity contribution in [2.24, 2.45) is 0 Å². The van der Waals surface area contributed by atoms with Crippen molar-refractivity contribution >= 4 is 21.8 Å². The molecule has 3 heteroatoms. The van der Waals surface area contributed by atoms with Gasteiger partial charge in [0.2, 0.25) is 6.33 Å². The minimum Gasteiger partial charge on any atom is -0.300 e. The van der Waals surface area contributed by atoms with E-state index in [-0.39, 0.29) is 0 Å². The predicted octanol–water partition coefficient (Wildman–Crippen LogP) is 4.47. The zero-order valence-corrected chi connectivity index (χ0v) is 16.3. The van der Waals surface area contributed by atoms with Crippen LogP contribution in [0.15, 0.2) is 73.1 Å². The number of nitrogens with zero attached hydrogens (tertiary/aromatic N) is 3. The number of imidazole rings is 1. The molecular weight excluding hydrogens is 330 g/mol. The number of hydrogen-bond acceptors (Lipinski definition) is 1. The molecule has 0 aliphatic heterocycles. The van der Waals surface area contributed by atoms with Gasteiger partial charge in [-0.25, -0.2) is 9.13 Å². The van der Waals surface area contributed by atoms with Crippen LogP contribution in [0.5, 0.6) is 0 Å². The molecule has 1 aromatic heterocycles. The van der Waals surface area contributed by atoms with Gasteiger partial charge in [-0.2, -0.15) is 0 Å². The van der Waals surface area contributed by atoms with Crippen LogP contribution in [0.25, 0.3) is 21.8 Å². The molecule has 0 bridgehead atoms. The maximum atomic E-state index is 2.48. The van der Waals surface area contributed by atoms with E-state index in [0.29, 0.717) is 0 Å². The second kappa shape index (κ2) is 7.93. The standard InChI is InChI=1S/C24H28N3/c1-3-25(4-2)16-17-26-19-27(24-15-8-7-14-23(24)26)18-21-12-9-11-20-10-5-6-13-22(20)21/h5-15,19H,3-4,16-18H2,1-2H3/q+1. The van der Waals surface area contributed by atoms with Crippen LogP contribution in [-0.2, 0) is 13.1 Å². The van der Waals surface area contributed by atoms with Crippen LogP contribution in [0.4, 0.5) is 0 Å². The molecule has 0 saturated heterocycles. The van der Waals surface area contributed by atoms with Crippen molar-refractivity contribution in [3.63, 3.8) is 0 Å². The third-order valence-corrected chi connectivity index (χ3v) is 5.55. The summed E-state index contributed by atoms with van der Waals surface area (Å²) in [5.74, 6) is 0. The third-order valence-electron chi connectivity index (χ3n) is 5.55. The largest absolute Gasteiger partial charge is 0.300 e. The summed E-state index contributed by atoms with van der Waals surface area (Å²) in [5, 5.41) is 2.65. The average Bonchev–Trinajstić information content (AvgIpc) is 3.07. The fourth-order valence-corrected chi connectivity index (χ4v) is 3.95. The molecule has 0 fully saturated rings. The van der Waals surface area contributed by atoms with Crippen molar-refractivity contribution in [3.05, 3.63) is 78.6 Å². The van der Waals surface area contributed by atoms with Gasteiger partial charge in [-0.05, 0) is 36.0 Å². The van der Waals surface area contributed by atoms with Gasteiger partial charge in [0, 0.05) is 12.1 Å². The lowest BCUT2D eigenvalue weighted by atomic mass is 10.0. The van der Waals surface area contributed by atoms with Crippen molar-refractivity contribution in [2.45, 2.75) is 26.9 Å². The van der Waals surface area contributed by atoms with Crippen LogP contribution < -0.4 is 4.57 Å². The minimum atomic E-state index is 0.889. The van der Waals surface area contributed by atoms with Gasteiger partial charge >= 0.3 is 0 Å². The maximum absolute atomic E-state index is 2.48. The van der Waals surface area contributed by atoms with E-state index in [2.05, 4.69) is 101 Å². The first-order valence-corrected chi connectivity index (χ1v) is 9.96. The molecule has 0 unspecified atom stereocenters. The predicted molar refractivity (Wildman–Crippen MR) is 113 cm³/mol. The highest BCUT2D eigenvalue weighted by Gasteiger charge is 2.16. The van der Waals surface area contributed by atoms with Crippen LogP contribution >= 0.6 is 0 Å². The first-order chi connectivity index (χ1) is 13.3. The molecule has 0 spiro atoms. The molecule has 27 heavy (non-hydrogen) atoms. The smallest absolute Gasteiger partial charge is 0.245 e. The lowest BCUT2D eigenvalue weighted by Gasteiger charge is -2.16. The molecule has 0 aliphatic carbocycles. The molecule has 4 rings (SSSR count). The lowest BCUT2D eigenvalue weighted by Crippen LogP contribution is -2.33. The van der Waals surface area contributed by atoms with E-state index in [4.69, 9.17) is 0 Å². The van der Waals surface area contributed by atoms with Crippen molar-refractivity contribution < 1.29 is 4.57 Å². The summed E-state index contributed by atoms with van der Waals surface area (Å²) in [5.41, 5.74) is 3.97. The van der Waals surface area contributed by atoms with Gasteiger partial charge in [0.1, 0.15) is 13.1 Å². The molecule has 138 valence electrons. The molecule has 3 nitrogen and oxygen atoms in total. The van der Waals surface area contributed by atoms with Gasteiger partial charge in [0.05, 0.1) is 0 Å². The Bertz CT molecular complexity index is 1040. The Balaban J connectivity index is 1.69. The molecule has 0 amide bonds. The molecule has 1 heterocycles.